The van der Waals surface area contributed by atoms with E-state index in [4.69, 9.17) is 5.73 Å². The summed E-state index contributed by atoms with van der Waals surface area (Å²) in [5.41, 5.74) is 6.21. The van der Waals surface area contributed by atoms with Gasteiger partial charge in [0.05, 0.1) is 11.8 Å². The molecule has 3 N–H and O–H groups in total. The number of thioether (sulfide) groups is 1. The van der Waals surface area contributed by atoms with E-state index in [-0.39, 0.29) is 11.3 Å². The maximum absolute atomic E-state index is 13.6. The second-order valence-corrected chi connectivity index (χ2v) is 6.09. The number of nitrogens with two attached hydrogens (primary N) is 1. The molecule has 8 heteroatoms. The van der Waals surface area contributed by atoms with Gasteiger partial charge >= 0.3 is 0 Å². The third-order valence-corrected chi connectivity index (χ3v) is 4.30. The molecule has 0 saturated carbocycles. The zero-order chi connectivity index (χ0) is 18.7. The Morgan fingerprint density at radius 3 is 2.58 bits per heavy atom. The van der Waals surface area contributed by atoms with E-state index in [1.54, 1.807) is 4.57 Å². The van der Waals surface area contributed by atoms with Crippen LogP contribution in [0.4, 0.5) is 10.1 Å². The van der Waals surface area contributed by atoms with E-state index < -0.39 is 17.6 Å². The summed E-state index contributed by atoms with van der Waals surface area (Å²) in [6.07, 6.45) is 3.33. The largest absolute Gasteiger partial charge is 0.366 e. The number of carbonyl (C=O) groups excluding carboxylic acids is 2. The fourth-order valence-corrected chi connectivity index (χ4v) is 3.00. The number of carbonyl (C=O) groups is 2. The molecule has 0 bridgehead atoms. The summed E-state index contributed by atoms with van der Waals surface area (Å²) in [5, 5.41) is 3.30. The van der Waals surface area contributed by atoms with Crippen molar-refractivity contribution < 1.29 is 14.0 Å². The van der Waals surface area contributed by atoms with Crippen LogP contribution in [0.1, 0.15) is 20.8 Å². The van der Waals surface area contributed by atoms with Gasteiger partial charge in [0.25, 0.3) is 11.8 Å². The Bertz CT molecular complexity index is 973. The first-order valence-corrected chi connectivity index (χ1v) is 8.81. The van der Waals surface area contributed by atoms with Gasteiger partial charge in [-0.15, -0.1) is 0 Å². The van der Waals surface area contributed by atoms with Gasteiger partial charge in [-0.2, -0.15) is 0 Å². The van der Waals surface area contributed by atoms with Crippen LogP contribution in [0.3, 0.4) is 0 Å². The van der Waals surface area contributed by atoms with Gasteiger partial charge in [-0.1, -0.05) is 30.0 Å². The molecule has 2 aromatic carbocycles. The number of primary amides is 1. The first-order valence-electron chi connectivity index (χ1n) is 7.59. The van der Waals surface area contributed by atoms with E-state index in [9.17, 15) is 14.0 Å². The number of rotatable bonds is 5. The highest BCUT2D eigenvalue weighted by Gasteiger charge is 2.18. The molecule has 26 heavy (non-hydrogen) atoms. The molecule has 0 radical (unpaired) electrons. The molecular weight excluding hydrogens is 355 g/mol. The number of imidazole rings is 1. The third-order valence-electron chi connectivity index (χ3n) is 3.65. The first-order chi connectivity index (χ1) is 12.5. The first kappa shape index (κ1) is 17.7. The molecule has 3 aromatic rings. The molecule has 0 spiro atoms. The maximum Gasteiger partial charge on any atom is 0.274 e. The van der Waals surface area contributed by atoms with Crippen LogP contribution in [-0.4, -0.2) is 27.6 Å². The van der Waals surface area contributed by atoms with Crippen LogP contribution in [-0.2, 0) is 0 Å². The summed E-state index contributed by atoms with van der Waals surface area (Å²) < 4.78 is 15.3. The van der Waals surface area contributed by atoms with Gasteiger partial charge in [0.1, 0.15) is 11.5 Å². The summed E-state index contributed by atoms with van der Waals surface area (Å²) in [7, 11) is 0. The van der Waals surface area contributed by atoms with Crippen LogP contribution in [0.25, 0.3) is 5.69 Å². The third kappa shape index (κ3) is 3.45. The van der Waals surface area contributed by atoms with Gasteiger partial charge in [-0.25, -0.2) is 9.37 Å². The minimum Gasteiger partial charge on any atom is -0.366 e. The van der Waals surface area contributed by atoms with Gasteiger partial charge in [-0.05, 0) is 36.6 Å². The highest BCUT2D eigenvalue weighted by molar-refractivity contribution is 7.98. The van der Waals surface area contributed by atoms with E-state index in [0.717, 1.165) is 11.8 Å². The van der Waals surface area contributed by atoms with Crippen molar-refractivity contribution in [3.8, 4) is 5.69 Å². The lowest BCUT2D eigenvalue weighted by Gasteiger charge is -2.11. The average Bonchev–Trinajstić information content (AvgIpc) is 3.08. The quantitative estimate of drug-likeness (QED) is 0.676. The Morgan fingerprint density at radius 2 is 1.92 bits per heavy atom. The van der Waals surface area contributed by atoms with Crippen molar-refractivity contribution in [1.82, 2.24) is 9.55 Å². The molecule has 0 aliphatic carbocycles. The normalized spacial score (nSPS) is 10.5. The molecule has 0 saturated heterocycles. The number of para-hydroxylation sites is 1. The lowest BCUT2D eigenvalue weighted by molar-refractivity contribution is 0.0991. The van der Waals surface area contributed by atoms with Crippen LogP contribution < -0.4 is 11.1 Å². The molecule has 0 fully saturated rings. The summed E-state index contributed by atoms with van der Waals surface area (Å²) in [6, 6.07) is 13.0. The number of nitrogens with one attached hydrogen (secondary N) is 1. The second-order valence-electron chi connectivity index (χ2n) is 5.31. The minimum absolute atomic E-state index is 0.261. The Hall–Kier alpha value is -3.13. The van der Waals surface area contributed by atoms with Crippen molar-refractivity contribution >= 4 is 29.3 Å². The van der Waals surface area contributed by atoms with Crippen LogP contribution in [0.5, 0.6) is 0 Å². The SMILES string of the molecule is CSc1ncc(C(=O)Nc2ccc(F)c(C(N)=O)c2)n1-c1ccccc1. The Kier molecular flexibility index (Phi) is 5.04. The van der Waals surface area contributed by atoms with E-state index in [2.05, 4.69) is 10.3 Å². The Balaban J connectivity index is 1.96. The fourth-order valence-electron chi connectivity index (χ4n) is 2.45. The lowest BCUT2D eigenvalue weighted by atomic mass is 10.1. The molecule has 0 aliphatic rings. The average molecular weight is 370 g/mol. The Morgan fingerprint density at radius 1 is 1.19 bits per heavy atom. The predicted molar refractivity (Wildman–Crippen MR) is 98.2 cm³/mol. The van der Waals surface area contributed by atoms with Gasteiger partial charge in [0.2, 0.25) is 0 Å². The second kappa shape index (κ2) is 7.40. The number of nitrogens with zero attached hydrogens (tertiary/aromatic N) is 2. The fraction of sp³-hybridized carbons (Fsp3) is 0.0556. The molecule has 0 aliphatic heterocycles. The van der Waals surface area contributed by atoms with Crippen molar-refractivity contribution in [1.29, 1.82) is 0 Å². The van der Waals surface area contributed by atoms with Crippen LogP contribution in [0.15, 0.2) is 59.9 Å². The van der Waals surface area contributed by atoms with Crippen molar-refractivity contribution in [3.05, 3.63) is 71.8 Å². The van der Waals surface area contributed by atoms with Crippen LogP contribution >= 0.6 is 11.8 Å². The summed E-state index contributed by atoms with van der Waals surface area (Å²) in [4.78, 5) is 28.2. The van der Waals surface area contributed by atoms with Gasteiger partial charge in [0, 0.05) is 11.4 Å². The number of hydrogen-bond donors (Lipinski definition) is 2. The van der Waals surface area contributed by atoms with Crippen molar-refractivity contribution in [2.24, 2.45) is 5.73 Å². The van der Waals surface area contributed by atoms with Crippen molar-refractivity contribution in [2.45, 2.75) is 5.16 Å². The van der Waals surface area contributed by atoms with Crippen LogP contribution in [0, 0.1) is 5.82 Å². The monoisotopic (exact) mass is 370 g/mol. The highest BCUT2D eigenvalue weighted by atomic mass is 32.2. The van der Waals surface area contributed by atoms with Gasteiger partial charge < -0.3 is 11.1 Å². The van der Waals surface area contributed by atoms with Crippen LogP contribution in [0.2, 0.25) is 0 Å². The molecule has 6 nitrogen and oxygen atoms in total. The molecule has 1 heterocycles. The topological polar surface area (TPSA) is 90.0 Å². The summed E-state index contributed by atoms with van der Waals surface area (Å²) >= 11 is 1.40. The molecule has 2 amide bonds. The smallest absolute Gasteiger partial charge is 0.274 e. The highest BCUT2D eigenvalue weighted by Crippen LogP contribution is 2.23. The molecule has 0 atom stereocenters. The van der Waals surface area contributed by atoms with E-state index in [0.29, 0.717) is 10.9 Å². The standard InChI is InChI=1S/C18H15FN4O2S/c1-26-18-21-10-15(23(18)12-5-3-2-4-6-12)17(25)22-11-7-8-14(19)13(9-11)16(20)24/h2-10H,1H3,(H2,20,24)(H,22,25). The predicted octanol–water partition coefficient (Wildman–Crippen LogP) is 3.08. The molecule has 1 aromatic heterocycles. The van der Waals surface area contributed by atoms with Gasteiger partial charge in [-0.3, -0.25) is 14.2 Å². The maximum atomic E-state index is 13.6. The van der Waals surface area contributed by atoms with E-state index in [1.165, 1.54) is 30.1 Å². The lowest BCUT2D eigenvalue weighted by Crippen LogP contribution is -2.18. The zero-order valence-corrected chi connectivity index (χ0v) is 14.6. The van der Waals surface area contributed by atoms with E-state index >= 15 is 0 Å². The van der Waals surface area contributed by atoms with E-state index in [1.807, 2.05) is 36.6 Å². The molecule has 0 unspecified atom stereocenters. The minimum atomic E-state index is -0.905. The molecule has 3 rings (SSSR count). The summed E-state index contributed by atoms with van der Waals surface area (Å²) in [6.45, 7) is 0. The molecule has 132 valence electrons. The number of amides is 2. The van der Waals surface area contributed by atoms with Crippen molar-refractivity contribution in [2.75, 3.05) is 11.6 Å². The number of anilines is 1. The van der Waals surface area contributed by atoms with Crippen molar-refractivity contribution in [3.63, 3.8) is 0 Å². The number of halogens is 1. The number of benzene rings is 2. The van der Waals surface area contributed by atoms with Gasteiger partial charge in [0.15, 0.2) is 5.16 Å². The Labute approximate surface area is 153 Å². The number of hydrogen-bond acceptors (Lipinski definition) is 4. The zero-order valence-electron chi connectivity index (χ0n) is 13.8. The molecular formula is C18H15FN4O2S. The number of aromatic nitrogens is 2. The summed E-state index contributed by atoms with van der Waals surface area (Å²) in [5.74, 6) is -2.09.